The average Bonchev–Trinajstić information content (AvgIpc) is 2.10. The van der Waals surface area contributed by atoms with E-state index in [1.807, 2.05) is 0 Å². The Kier molecular flexibility index (Phi) is 5.54. The summed E-state index contributed by atoms with van der Waals surface area (Å²) < 4.78 is 14.0. The summed E-state index contributed by atoms with van der Waals surface area (Å²) in [5.74, 6) is -1.13. The van der Waals surface area contributed by atoms with Gasteiger partial charge in [0.15, 0.2) is 5.78 Å². The largest absolute Gasteiger partial charge is 0.470 e. The van der Waals surface area contributed by atoms with Crippen LogP contribution in [0.4, 0.5) is 0 Å². The maximum atomic E-state index is 10.9. The molecule has 15 heavy (non-hydrogen) atoms. The van der Waals surface area contributed by atoms with E-state index in [1.54, 1.807) is 0 Å². The predicted octanol–water partition coefficient (Wildman–Crippen LogP) is -2.23. The summed E-state index contributed by atoms with van der Waals surface area (Å²) >= 11 is 0. The molecule has 0 amide bonds. The number of carbonyl (C=O) groups excluding carboxylic acids is 1. The van der Waals surface area contributed by atoms with E-state index in [2.05, 4.69) is 4.52 Å². The molecule has 0 radical (unpaired) electrons. The van der Waals surface area contributed by atoms with Crippen molar-refractivity contribution in [2.24, 2.45) is 0 Å². The third-order valence-corrected chi connectivity index (χ3v) is 1.99. The van der Waals surface area contributed by atoms with E-state index < -0.39 is 38.5 Å². The lowest BCUT2D eigenvalue weighted by Gasteiger charge is -2.18. The second-order valence-electron chi connectivity index (χ2n) is 2.91. The van der Waals surface area contributed by atoms with E-state index in [0.717, 1.165) is 6.92 Å². The Balaban J connectivity index is 4.17. The van der Waals surface area contributed by atoms with Crippen molar-refractivity contribution in [3.8, 4) is 0 Å². The van der Waals surface area contributed by atoms with Gasteiger partial charge in [-0.1, -0.05) is 0 Å². The number of Topliss-reactive ketones (excluding diaryl/α,β-unsaturated/α-hetero) is 1. The van der Waals surface area contributed by atoms with Gasteiger partial charge in [-0.2, -0.15) is 0 Å². The Hall–Kier alpha value is -0.340. The fraction of sp³-hybridized carbons (Fsp3) is 0.833. The molecule has 0 aromatic heterocycles. The second kappa shape index (κ2) is 5.66. The molecule has 5 N–H and O–H groups in total. The first-order chi connectivity index (χ1) is 6.65. The highest BCUT2D eigenvalue weighted by molar-refractivity contribution is 7.46. The lowest BCUT2D eigenvalue weighted by atomic mass is 10.1. The molecule has 0 aliphatic rings. The van der Waals surface area contributed by atoms with Gasteiger partial charge < -0.3 is 25.1 Å². The summed E-state index contributed by atoms with van der Waals surface area (Å²) in [6.07, 6.45) is -5.02. The van der Waals surface area contributed by atoms with Crippen molar-refractivity contribution in [1.82, 2.24) is 0 Å². The topological polar surface area (TPSA) is 145 Å². The third kappa shape index (κ3) is 5.95. The first-order valence-electron chi connectivity index (χ1n) is 3.92. The molecule has 0 aromatic rings. The number of phosphoric acid groups is 1. The number of ketones is 1. The highest BCUT2D eigenvalue weighted by Gasteiger charge is 2.29. The van der Waals surface area contributed by atoms with Crippen LogP contribution in [0.3, 0.4) is 0 Å². The van der Waals surface area contributed by atoms with E-state index in [-0.39, 0.29) is 0 Å². The van der Waals surface area contributed by atoms with Crippen LogP contribution in [0.5, 0.6) is 0 Å². The number of hydrogen-bond acceptors (Lipinski definition) is 6. The van der Waals surface area contributed by atoms with Crippen molar-refractivity contribution in [2.45, 2.75) is 25.2 Å². The van der Waals surface area contributed by atoms with Crippen molar-refractivity contribution in [3.63, 3.8) is 0 Å². The van der Waals surface area contributed by atoms with E-state index in [4.69, 9.17) is 25.1 Å². The fourth-order valence-electron chi connectivity index (χ4n) is 0.687. The molecule has 9 heteroatoms. The van der Waals surface area contributed by atoms with Crippen molar-refractivity contribution >= 4 is 13.6 Å². The van der Waals surface area contributed by atoms with Gasteiger partial charge in [-0.15, -0.1) is 0 Å². The number of phosphoric ester groups is 1. The average molecular weight is 244 g/mol. The van der Waals surface area contributed by atoms with Crippen LogP contribution < -0.4 is 0 Å². The van der Waals surface area contributed by atoms with Crippen LogP contribution in [0.1, 0.15) is 6.92 Å². The minimum absolute atomic E-state index is 1.05. The quantitative estimate of drug-likeness (QED) is 0.330. The van der Waals surface area contributed by atoms with Crippen LogP contribution in [-0.4, -0.2) is 55.8 Å². The molecule has 3 atom stereocenters. The molecule has 0 heterocycles. The molecule has 0 aliphatic carbocycles. The van der Waals surface area contributed by atoms with Gasteiger partial charge in [0.1, 0.15) is 18.8 Å². The Morgan fingerprint density at radius 2 is 1.80 bits per heavy atom. The monoisotopic (exact) mass is 244 g/mol. The van der Waals surface area contributed by atoms with E-state index >= 15 is 0 Å². The minimum Gasteiger partial charge on any atom is -0.391 e. The van der Waals surface area contributed by atoms with Crippen LogP contribution in [0, 0.1) is 0 Å². The highest BCUT2D eigenvalue weighted by atomic mass is 31.2. The van der Waals surface area contributed by atoms with E-state index in [1.165, 1.54) is 0 Å². The molecular weight excluding hydrogens is 231 g/mol. The Bertz CT molecular complexity index is 258. The Morgan fingerprint density at radius 1 is 1.33 bits per heavy atom. The summed E-state index contributed by atoms with van der Waals surface area (Å²) in [4.78, 5) is 27.4. The zero-order valence-corrected chi connectivity index (χ0v) is 8.74. The SMILES string of the molecule is C[C@H](O)[C@@H](O)[C@H](O)C(=O)COP(=O)(O)O. The predicted molar refractivity (Wildman–Crippen MR) is 46.7 cm³/mol. The van der Waals surface area contributed by atoms with Crippen LogP contribution in [0.2, 0.25) is 0 Å². The summed E-state index contributed by atoms with van der Waals surface area (Å²) in [5, 5.41) is 26.9. The lowest BCUT2D eigenvalue weighted by Crippen LogP contribution is -2.42. The van der Waals surface area contributed by atoms with Crippen molar-refractivity contribution in [2.75, 3.05) is 6.61 Å². The summed E-state index contributed by atoms with van der Waals surface area (Å²) in [6.45, 7) is 0.0974. The second-order valence-corrected chi connectivity index (χ2v) is 4.15. The molecule has 0 saturated heterocycles. The van der Waals surface area contributed by atoms with Gasteiger partial charge in [0.2, 0.25) is 0 Å². The number of carbonyl (C=O) groups is 1. The Morgan fingerprint density at radius 3 is 2.13 bits per heavy atom. The summed E-state index contributed by atoms with van der Waals surface area (Å²) in [7, 11) is -4.79. The van der Waals surface area contributed by atoms with Gasteiger partial charge in [-0.05, 0) is 6.92 Å². The van der Waals surface area contributed by atoms with Gasteiger partial charge in [-0.3, -0.25) is 9.32 Å². The van der Waals surface area contributed by atoms with Gasteiger partial charge in [0, 0.05) is 0 Å². The first kappa shape index (κ1) is 14.7. The molecule has 0 spiro atoms. The molecule has 0 unspecified atom stereocenters. The number of hydrogen-bond donors (Lipinski definition) is 5. The highest BCUT2D eigenvalue weighted by Crippen LogP contribution is 2.35. The zero-order chi connectivity index (χ0) is 12.2. The van der Waals surface area contributed by atoms with Gasteiger partial charge >= 0.3 is 7.82 Å². The summed E-state index contributed by atoms with van der Waals surface area (Å²) in [5.41, 5.74) is 0. The van der Waals surface area contributed by atoms with Crippen LogP contribution in [0.25, 0.3) is 0 Å². The van der Waals surface area contributed by atoms with Crippen molar-refractivity contribution < 1.29 is 39.0 Å². The number of rotatable bonds is 6. The minimum atomic E-state index is -4.79. The third-order valence-electron chi connectivity index (χ3n) is 1.52. The van der Waals surface area contributed by atoms with Crippen LogP contribution >= 0.6 is 7.82 Å². The normalized spacial score (nSPS) is 18.3. The molecule has 0 bridgehead atoms. The fourth-order valence-corrected chi connectivity index (χ4v) is 0.983. The first-order valence-corrected chi connectivity index (χ1v) is 5.45. The van der Waals surface area contributed by atoms with Gasteiger partial charge in [0.25, 0.3) is 0 Å². The number of aliphatic hydroxyl groups excluding tert-OH is 3. The zero-order valence-electron chi connectivity index (χ0n) is 7.85. The van der Waals surface area contributed by atoms with Gasteiger partial charge in [0.05, 0.1) is 6.10 Å². The standard InChI is InChI=1S/C6H13O8P/c1-3(7)5(9)6(10)4(8)2-14-15(11,12)13/h3,5-7,9-10H,2H2,1H3,(H2,11,12,13)/t3-,5+,6+/m0/s1. The van der Waals surface area contributed by atoms with E-state index in [9.17, 15) is 9.36 Å². The number of aliphatic hydroxyl groups is 3. The lowest BCUT2D eigenvalue weighted by molar-refractivity contribution is -0.140. The molecule has 0 fully saturated rings. The van der Waals surface area contributed by atoms with Crippen molar-refractivity contribution in [3.05, 3.63) is 0 Å². The van der Waals surface area contributed by atoms with E-state index in [0.29, 0.717) is 0 Å². The molecule has 8 nitrogen and oxygen atoms in total. The van der Waals surface area contributed by atoms with Crippen molar-refractivity contribution in [1.29, 1.82) is 0 Å². The Labute approximate surface area is 85.4 Å². The molecule has 0 rings (SSSR count). The molecule has 0 saturated carbocycles. The molecule has 0 aliphatic heterocycles. The smallest absolute Gasteiger partial charge is 0.391 e. The maximum Gasteiger partial charge on any atom is 0.470 e. The van der Waals surface area contributed by atoms with Crippen LogP contribution in [0.15, 0.2) is 0 Å². The molecule has 90 valence electrons. The molecular formula is C6H13O8P. The maximum absolute atomic E-state index is 10.9. The van der Waals surface area contributed by atoms with Gasteiger partial charge in [-0.25, -0.2) is 4.57 Å². The van der Waals surface area contributed by atoms with Crippen LogP contribution in [-0.2, 0) is 13.9 Å². The summed E-state index contributed by atoms with van der Waals surface area (Å²) in [6, 6.07) is 0. The molecule has 0 aromatic carbocycles.